The zero-order chi connectivity index (χ0) is 31.7. The maximum Gasteiger partial charge on any atom is 0.271 e. The number of halogens is 1. The normalized spacial score (nSPS) is 12.0. The summed E-state index contributed by atoms with van der Waals surface area (Å²) in [6, 6.07) is 16.9. The summed E-state index contributed by atoms with van der Waals surface area (Å²) in [5.41, 5.74) is 0.181. The molecule has 0 saturated heterocycles. The summed E-state index contributed by atoms with van der Waals surface area (Å²) in [4.78, 5) is 39.7. The monoisotopic (exact) mass is 614 g/mol. The van der Waals surface area contributed by atoms with Crippen LogP contribution in [0.2, 0.25) is 0 Å². The van der Waals surface area contributed by atoms with Gasteiger partial charge in [-0.3, -0.25) is 24.0 Å². The maximum atomic E-state index is 14.9. The molecule has 0 aliphatic heterocycles. The Bertz CT molecular complexity index is 1550. The van der Waals surface area contributed by atoms with Crippen molar-refractivity contribution in [1.82, 2.24) is 10.2 Å². The fourth-order valence-corrected chi connectivity index (χ4v) is 5.21. The minimum atomic E-state index is -4.22. The molecular weight excluding hydrogens is 579 g/mol. The fraction of sp³-hybridized carbons (Fsp3) is 0.333. The molecule has 11 nitrogen and oxygen atoms in total. The number of non-ortho nitro benzene ring substituents is 1. The molecule has 1 N–H and O–H groups in total. The Labute approximate surface area is 250 Å². The highest BCUT2D eigenvalue weighted by Gasteiger charge is 2.34. The van der Waals surface area contributed by atoms with Crippen LogP contribution in [-0.4, -0.2) is 62.6 Å². The van der Waals surface area contributed by atoms with Crippen molar-refractivity contribution < 1.29 is 32.1 Å². The highest BCUT2D eigenvalue weighted by Crippen LogP contribution is 2.34. The van der Waals surface area contributed by atoms with E-state index in [0.29, 0.717) is 10.8 Å². The highest BCUT2D eigenvalue weighted by atomic mass is 32.2. The third-order valence-electron chi connectivity index (χ3n) is 6.58. The summed E-state index contributed by atoms with van der Waals surface area (Å²) >= 11 is 0. The van der Waals surface area contributed by atoms with Crippen molar-refractivity contribution >= 4 is 33.2 Å². The summed E-state index contributed by atoms with van der Waals surface area (Å²) in [5.74, 6) is -1.87. The van der Waals surface area contributed by atoms with Gasteiger partial charge in [-0.25, -0.2) is 12.8 Å². The van der Waals surface area contributed by atoms with Crippen LogP contribution in [0.5, 0.6) is 5.75 Å². The van der Waals surface area contributed by atoms with Gasteiger partial charge in [-0.1, -0.05) is 62.4 Å². The summed E-state index contributed by atoms with van der Waals surface area (Å²) < 4.78 is 46.8. The number of hydrogen-bond acceptors (Lipinski definition) is 7. The molecule has 3 aromatic rings. The van der Waals surface area contributed by atoms with Crippen LogP contribution < -0.4 is 14.4 Å². The fourth-order valence-electron chi connectivity index (χ4n) is 4.37. The molecular formula is C30H35FN4O7S. The van der Waals surface area contributed by atoms with Gasteiger partial charge in [0.2, 0.25) is 21.8 Å². The first-order chi connectivity index (χ1) is 20.3. The first-order valence-electron chi connectivity index (χ1n) is 13.5. The number of sulfonamides is 1. The molecule has 0 spiro atoms. The number of benzene rings is 3. The van der Waals surface area contributed by atoms with Gasteiger partial charge in [-0.2, -0.15) is 0 Å². The topological polar surface area (TPSA) is 139 Å². The van der Waals surface area contributed by atoms with Crippen LogP contribution in [0, 0.1) is 21.8 Å². The van der Waals surface area contributed by atoms with E-state index in [0.717, 1.165) is 28.9 Å². The van der Waals surface area contributed by atoms with Gasteiger partial charge in [0.15, 0.2) is 0 Å². The van der Waals surface area contributed by atoms with Gasteiger partial charge in [-0.05, 0) is 23.6 Å². The Morgan fingerprint density at radius 2 is 1.70 bits per heavy atom. The first kappa shape index (κ1) is 33.0. The molecule has 0 radical (unpaired) electrons. The first-order valence-corrected chi connectivity index (χ1v) is 15.3. The third-order valence-corrected chi connectivity index (χ3v) is 7.70. The molecule has 13 heteroatoms. The molecule has 0 fully saturated rings. The molecule has 43 heavy (non-hydrogen) atoms. The lowest BCUT2D eigenvalue weighted by molar-refractivity contribution is -0.384. The molecule has 0 unspecified atom stereocenters. The average Bonchev–Trinajstić information content (AvgIpc) is 2.96. The van der Waals surface area contributed by atoms with E-state index >= 15 is 0 Å². The molecule has 3 aromatic carbocycles. The second kappa shape index (κ2) is 14.6. The standard InChI is InChI=1S/C30H35FN4O7S/c1-21(2)18-32-30(37)27(16-22-10-6-5-7-11-22)33(19-23-12-8-9-13-25(23)31)29(36)20-34(43(4,40)41)26-17-24(35(38)39)14-15-28(26)42-3/h5-15,17,21,27H,16,18-20H2,1-4H3,(H,32,37)/t27-/m1/s1. The van der Waals surface area contributed by atoms with Crippen molar-refractivity contribution in [2.24, 2.45) is 5.92 Å². The minimum absolute atomic E-state index is 0.0278. The largest absolute Gasteiger partial charge is 0.495 e. The number of nitrogens with one attached hydrogen (secondary N) is 1. The van der Waals surface area contributed by atoms with E-state index in [1.807, 2.05) is 13.8 Å². The van der Waals surface area contributed by atoms with Crippen LogP contribution in [0.3, 0.4) is 0 Å². The van der Waals surface area contributed by atoms with Crippen LogP contribution in [0.4, 0.5) is 15.8 Å². The SMILES string of the molecule is COc1ccc([N+](=O)[O-])cc1N(CC(=O)N(Cc1ccccc1F)[C@H](Cc1ccccc1)C(=O)NCC(C)C)S(C)(=O)=O. The van der Waals surface area contributed by atoms with Crippen molar-refractivity contribution in [3.63, 3.8) is 0 Å². The average molecular weight is 615 g/mol. The molecule has 230 valence electrons. The van der Waals surface area contributed by atoms with E-state index in [9.17, 15) is 32.5 Å². The number of nitro benzene ring substituents is 1. The lowest BCUT2D eigenvalue weighted by Crippen LogP contribution is -2.53. The molecule has 3 rings (SSSR count). The molecule has 0 bridgehead atoms. The number of amides is 2. The number of anilines is 1. The van der Waals surface area contributed by atoms with Gasteiger partial charge in [0.05, 0.1) is 18.3 Å². The van der Waals surface area contributed by atoms with Gasteiger partial charge < -0.3 is 15.0 Å². The van der Waals surface area contributed by atoms with Gasteiger partial charge in [0, 0.05) is 37.2 Å². The van der Waals surface area contributed by atoms with Crippen LogP contribution in [0.15, 0.2) is 72.8 Å². The molecule has 0 heterocycles. The molecule has 2 amide bonds. The number of carbonyl (C=O) groups is 2. The minimum Gasteiger partial charge on any atom is -0.495 e. The zero-order valence-electron chi connectivity index (χ0n) is 24.4. The lowest BCUT2D eigenvalue weighted by Gasteiger charge is -2.34. The van der Waals surface area contributed by atoms with E-state index < -0.39 is 50.9 Å². The van der Waals surface area contributed by atoms with Crippen molar-refractivity contribution in [2.45, 2.75) is 32.9 Å². The zero-order valence-corrected chi connectivity index (χ0v) is 25.2. The maximum absolute atomic E-state index is 14.9. The van der Waals surface area contributed by atoms with E-state index in [2.05, 4.69) is 5.32 Å². The van der Waals surface area contributed by atoms with E-state index in [1.54, 1.807) is 36.4 Å². The second-order valence-corrected chi connectivity index (χ2v) is 12.2. The Morgan fingerprint density at radius 1 is 1.05 bits per heavy atom. The molecule has 0 aromatic heterocycles. The summed E-state index contributed by atoms with van der Waals surface area (Å²) in [5, 5.41) is 14.3. The smallest absolute Gasteiger partial charge is 0.271 e. The lowest BCUT2D eigenvalue weighted by atomic mass is 10.0. The highest BCUT2D eigenvalue weighted by molar-refractivity contribution is 7.92. The van der Waals surface area contributed by atoms with Crippen LogP contribution in [0.1, 0.15) is 25.0 Å². The summed E-state index contributed by atoms with van der Waals surface area (Å²) in [6.45, 7) is 2.94. The van der Waals surface area contributed by atoms with Gasteiger partial charge in [-0.15, -0.1) is 0 Å². The van der Waals surface area contributed by atoms with Crippen LogP contribution in [-0.2, 0) is 32.6 Å². The Hall–Kier alpha value is -4.52. The summed E-state index contributed by atoms with van der Waals surface area (Å²) in [6.07, 6.45) is 0.903. The number of nitrogens with zero attached hydrogens (tertiary/aromatic N) is 3. The summed E-state index contributed by atoms with van der Waals surface area (Å²) in [7, 11) is -2.96. The quantitative estimate of drug-likeness (QED) is 0.215. The number of carbonyl (C=O) groups excluding carboxylic acids is 2. The van der Waals surface area contributed by atoms with E-state index in [4.69, 9.17) is 4.74 Å². The number of methoxy groups -OCH3 is 1. The second-order valence-electron chi connectivity index (χ2n) is 10.3. The van der Waals surface area contributed by atoms with E-state index in [1.165, 1.54) is 31.4 Å². The van der Waals surface area contributed by atoms with Crippen molar-refractivity contribution in [1.29, 1.82) is 0 Å². The van der Waals surface area contributed by atoms with Crippen molar-refractivity contribution in [3.8, 4) is 5.75 Å². The van der Waals surface area contributed by atoms with Crippen molar-refractivity contribution in [3.05, 3.63) is 99.9 Å². The Morgan fingerprint density at radius 3 is 2.28 bits per heavy atom. The molecule has 0 aliphatic carbocycles. The predicted molar refractivity (Wildman–Crippen MR) is 161 cm³/mol. The van der Waals surface area contributed by atoms with Gasteiger partial charge in [0.25, 0.3) is 5.69 Å². The molecule has 0 aliphatic rings. The molecule has 0 saturated carbocycles. The number of ether oxygens (including phenoxy) is 1. The third kappa shape index (κ3) is 8.98. The number of nitro groups is 1. The van der Waals surface area contributed by atoms with Gasteiger partial charge >= 0.3 is 0 Å². The predicted octanol–water partition coefficient (Wildman–Crippen LogP) is 3.92. The van der Waals surface area contributed by atoms with Gasteiger partial charge in [0.1, 0.15) is 29.8 Å². The van der Waals surface area contributed by atoms with Crippen molar-refractivity contribution in [2.75, 3.05) is 30.8 Å². The van der Waals surface area contributed by atoms with Crippen LogP contribution >= 0.6 is 0 Å². The molecule has 1 atom stereocenters. The van der Waals surface area contributed by atoms with E-state index in [-0.39, 0.29) is 35.9 Å². The number of hydrogen-bond donors (Lipinski definition) is 1. The number of rotatable bonds is 14. The van der Waals surface area contributed by atoms with Crippen LogP contribution in [0.25, 0.3) is 0 Å². The Kier molecular flexibility index (Phi) is 11.2. The Balaban J connectivity index is 2.13.